The SMILES string of the molecule is CN1C[C@@H]2COC[C@H](C1)N(C(=O)c1ccc(F)c(O)c1)C2. The zero-order valence-corrected chi connectivity index (χ0v) is 12.0. The van der Waals surface area contributed by atoms with Crippen LogP contribution in [-0.2, 0) is 4.74 Å². The lowest BCUT2D eigenvalue weighted by Crippen LogP contribution is -2.45. The van der Waals surface area contributed by atoms with Crippen molar-refractivity contribution in [1.29, 1.82) is 0 Å². The Hall–Kier alpha value is -1.66. The first-order valence-electron chi connectivity index (χ1n) is 7.10. The molecule has 0 unspecified atom stereocenters. The Balaban J connectivity index is 1.87. The molecule has 1 aromatic rings. The lowest BCUT2D eigenvalue weighted by atomic mass is 10.1. The second kappa shape index (κ2) is 5.61. The molecule has 1 N–H and O–H groups in total. The Kier molecular flexibility index (Phi) is 3.82. The first kappa shape index (κ1) is 14.3. The highest BCUT2D eigenvalue weighted by molar-refractivity contribution is 5.95. The number of hydrogen-bond donors (Lipinski definition) is 1. The standard InChI is InChI=1S/C15H19FN2O3/c1-17-5-10-6-18(12(7-17)9-21-8-10)15(20)11-2-3-13(16)14(19)4-11/h2-4,10,12,19H,5-9H2,1H3/t10-,12-/m0/s1. The summed E-state index contributed by atoms with van der Waals surface area (Å²) >= 11 is 0. The molecular formula is C15H19FN2O3. The van der Waals surface area contributed by atoms with E-state index in [2.05, 4.69) is 4.90 Å². The summed E-state index contributed by atoms with van der Waals surface area (Å²) in [4.78, 5) is 16.7. The molecule has 21 heavy (non-hydrogen) atoms. The fourth-order valence-electron chi connectivity index (χ4n) is 3.14. The molecule has 3 rings (SSSR count). The van der Waals surface area contributed by atoms with Gasteiger partial charge in [-0.2, -0.15) is 0 Å². The number of amides is 1. The van der Waals surface area contributed by atoms with Crippen LogP contribution >= 0.6 is 0 Å². The number of ether oxygens (including phenoxy) is 1. The van der Waals surface area contributed by atoms with Gasteiger partial charge in [-0.1, -0.05) is 0 Å². The molecule has 2 atom stereocenters. The van der Waals surface area contributed by atoms with E-state index in [1.54, 1.807) is 4.90 Å². The summed E-state index contributed by atoms with van der Waals surface area (Å²) in [6.45, 7) is 3.45. The maximum absolute atomic E-state index is 13.1. The van der Waals surface area contributed by atoms with Crippen LogP contribution in [0.5, 0.6) is 5.75 Å². The minimum absolute atomic E-state index is 0.0119. The Morgan fingerprint density at radius 1 is 1.33 bits per heavy atom. The average Bonchev–Trinajstić information content (AvgIpc) is 2.71. The van der Waals surface area contributed by atoms with E-state index in [9.17, 15) is 14.3 Å². The number of phenols is 1. The minimum Gasteiger partial charge on any atom is -0.505 e. The molecule has 2 bridgehead atoms. The van der Waals surface area contributed by atoms with E-state index in [1.807, 2.05) is 7.05 Å². The predicted octanol–water partition coefficient (Wildman–Crippen LogP) is 0.934. The molecule has 1 aromatic carbocycles. The maximum Gasteiger partial charge on any atom is 0.254 e. The van der Waals surface area contributed by atoms with E-state index in [0.29, 0.717) is 25.3 Å². The third-order valence-electron chi connectivity index (χ3n) is 4.11. The smallest absolute Gasteiger partial charge is 0.254 e. The van der Waals surface area contributed by atoms with Crippen LogP contribution in [0, 0.1) is 11.7 Å². The molecule has 2 fully saturated rings. The van der Waals surface area contributed by atoms with E-state index < -0.39 is 11.6 Å². The molecule has 2 aliphatic heterocycles. The first-order chi connectivity index (χ1) is 10.0. The fourth-order valence-corrected chi connectivity index (χ4v) is 3.14. The van der Waals surface area contributed by atoms with Gasteiger partial charge in [0.2, 0.25) is 0 Å². The largest absolute Gasteiger partial charge is 0.505 e. The zero-order chi connectivity index (χ0) is 15.0. The van der Waals surface area contributed by atoms with E-state index in [0.717, 1.165) is 19.2 Å². The van der Waals surface area contributed by atoms with Crippen molar-refractivity contribution >= 4 is 5.91 Å². The average molecular weight is 294 g/mol. The van der Waals surface area contributed by atoms with Gasteiger partial charge in [0.25, 0.3) is 5.91 Å². The molecule has 114 valence electrons. The normalized spacial score (nSPS) is 26.5. The molecule has 2 saturated heterocycles. The van der Waals surface area contributed by atoms with Crippen LogP contribution in [0.3, 0.4) is 0 Å². The molecule has 0 saturated carbocycles. The summed E-state index contributed by atoms with van der Waals surface area (Å²) in [6.07, 6.45) is 0. The monoisotopic (exact) mass is 294 g/mol. The van der Waals surface area contributed by atoms with Gasteiger partial charge in [0.1, 0.15) is 0 Å². The van der Waals surface area contributed by atoms with Crippen LogP contribution in [0.15, 0.2) is 18.2 Å². The summed E-state index contributed by atoms with van der Waals surface area (Å²) in [5, 5.41) is 9.45. The third-order valence-corrected chi connectivity index (χ3v) is 4.11. The number of nitrogens with zero attached hydrogens (tertiary/aromatic N) is 2. The summed E-state index contributed by atoms with van der Waals surface area (Å²) in [5.41, 5.74) is 0.309. The van der Waals surface area contributed by atoms with Crippen molar-refractivity contribution in [2.75, 3.05) is 39.9 Å². The number of halogens is 1. The highest BCUT2D eigenvalue weighted by Crippen LogP contribution is 2.23. The Morgan fingerprint density at radius 3 is 2.90 bits per heavy atom. The quantitative estimate of drug-likeness (QED) is 0.837. The van der Waals surface area contributed by atoms with Crippen molar-refractivity contribution in [1.82, 2.24) is 9.80 Å². The van der Waals surface area contributed by atoms with Gasteiger partial charge in [0, 0.05) is 31.1 Å². The molecule has 0 spiro atoms. The first-order valence-corrected chi connectivity index (χ1v) is 7.10. The van der Waals surface area contributed by atoms with Crippen molar-refractivity contribution in [3.8, 4) is 5.75 Å². The van der Waals surface area contributed by atoms with Crippen LogP contribution in [0.4, 0.5) is 4.39 Å². The second-order valence-corrected chi connectivity index (χ2v) is 5.90. The third kappa shape index (κ3) is 2.87. The van der Waals surface area contributed by atoms with Gasteiger partial charge in [-0.15, -0.1) is 0 Å². The predicted molar refractivity (Wildman–Crippen MR) is 74.7 cm³/mol. The number of likely N-dealkylation sites (N-methyl/N-ethyl adjacent to an activating group) is 1. The van der Waals surface area contributed by atoms with E-state index in [4.69, 9.17) is 4.74 Å². The Bertz CT molecular complexity index is 552. The summed E-state index contributed by atoms with van der Waals surface area (Å²) in [7, 11) is 2.04. The van der Waals surface area contributed by atoms with Crippen LogP contribution in [-0.4, -0.2) is 66.8 Å². The number of phenolic OH excluding ortho intramolecular Hbond substituents is 1. The van der Waals surface area contributed by atoms with Gasteiger partial charge < -0.3 is 19.6 Å². The van der Waals surface area contributed by atoms with Gasteiger partial charge in [-0.3, -0.25) is 4.79 Å². The van der Waals surface area contributed by atoms with Crippen LogP contribution in [0.25, 0.3) is 0 Å². The van der Waals surface area contributed by atoms with E-state index in [1.165, 1.54) is 12.1 Å². The van der Waals surface area contributed by atoms with E-state index in [-0.39, 0.29) is 17.9 Å². The lowest BCUT2D eigenvalue weighted by Gasteiger charge is -2.29. The number of aromatic hydroxyl groups is 1. The van der Waals surface area contributed by atoms with Crippen molar-refractivity contribution in [3.63, 3.8) is 0 Å². The lowest BCUT2D eigenvalue weighted by molar-refractivity contribution is 0.0483. The summed E-state index contributed by atoms with van der Waals surface area (Å²) in [6, 6.07) is 3.71. The van der Waals surface area contributed by atoms with Gasteiger partial charge in [0.15, 0.2) is 11.6 Å². The number of benzene rings is 1. The number of carbonyl (C=O) groups excluding carboxylic acids is 1. The highest BCUT2D eigenvalue weighted by atomic mass is 19.1. The molecule has 1 amide bonds. The molecule has 0 aromatic heterocycles. The van der Waals surface area contributed by atoms with Crippen molar-refractivity contribution in [2.24, 2.45) is 5.92 Å². The van der Waals surface area contributed by atoms with Crippen LogP contribution in [0.2, 0.25) is 0 Å². The molecule has 0 aliphatic carbocycles. The molecular weight excluding hydrogens is 275 g/mol. The van der Waals surface area contributed by atoms with Gasteiger partial charge in [-0.05, 0) is 25.2 Å². The van der Waals surface area contributed by atoms with Crippen LogP contribution < -0.4 is 0 Å². The second-order valence-electron chi connectivity index (χ2n) is 5.90. The maximum atomic E-state index is 13.1. The van der Waals surface area contributed by atoms with Crippen molar-refractivity contribution in [3.05, 3.63) is 29.6 Å². The minimum atomic E-state index is -0.718. The van der Waals surface area contributed by atoms with Gasteiger partial charge >= 0.3 is 0 Å². The van der Waals surface area contributed by atoms with Crippen LogP contribution in [0.1, 0.15) is 10.4 Å². The van der Waals surface area contributed by atoms with Gasteiger partial charge in [-0.25, -0.2) is 4.39 Å². The number of carbonyl (C=O) groups is 1. The fraction of sp³-hybridized carbons (Fsp3) is 0.533. The molecule has 5 nitrogen and oxygen atoms in total. The van der Waals surface area contributed by atoms with Crippen molar-refractivity contribution in [2.45, 2.75) is 6.04 Å². The summed E-state index contributed by atoms with van der Waals surface area (Å²) in [5.74, 6) is -1.11. The van der Waals surface area contributed by atoms with E-state index >= 15 is 0 Å². The molecule has 2 heterocycles. The number of rotatable bonds is 1. The van der Waals surface area contributed by atoms with Gasteiger partial charge in [0.05, 0.1) is 19.3 Å². The summed E-state index contributed by atoms with van der Waals surface area (Å²) < 4.78 is 18.8. The molecule has 0 radical (unpaired) electrons. The topological polar surface area (TPSA) is 53.0 Å². The Morgan fingerprint density at radius 2 is 2.14 bits per heavy atom. The molecule has 2 aliphatic rings. The zero-order valence-electron chi connectivity index (χ0n) is 12.0. The Labute approximate surface area is 122 Å². The van der Waals surface area contributed by atoms with Crippen molar-refractivity contribution < 1.29 is 19.0 Å². The number of hydrogen-bond acceptors (Lipinski definition) is 4. The molecule has 6 heteroatoms. The highest BCUT2D eigenvalue weighted by Gasteiger charge is 2.35. The number of fused-ring (bicyclic) bond motifs is 3.